The van der Waals surface area contributed by atoms with Gasteiger partial charge in [-0.3, -0.25) is 0 Å². The normalized spacial score (nSPS) is 11.3. The number of halogens is 2. The van der Waals surface area contributed by atoms with Crippen LogP contribution >= 0.6 is 11.6 Å². The third-order valence-corrected chi connectivity index (χ3v) is 3.90. The van der Waals surface area contributed by atoms with E-state index in [1.165, 1.54) is 30.3 Å². The van der Waals surface area contributed by atoms with Crippen LogP contribution in [-0.4, -0.2) is 8.42 Å². The second kappa shape index (κ2) is 5.78. The van der Waals surface area contributed by atoms with Gasteiger partial charge < -0.3 is 5.32 Å². The molecule has 0 aliphatic heterocycles. The van der Waals surface area contributed by atoms with Crippen molar-refractivity contribution in [1.82, 2.24) is 0 Å². The van der Waals surface area contributed by atoms with E-state index in [0.29, 0.717) is 17.3 Å². The van der Waals surface area contributed by atoms with Gasteiger partial charge in [-0.05, 0) is 35.9 Å². The molecular weight excluding hydrogens is 303 g/mol. The summed E-state index contributed by atoms with van der Waals surface area (Å²) in [6.45, 7) is 0.383. The first kappa shape index (κ1) is 14.8. The van der Waals surface area contributed by atoms with Crippen LogP contribution in [0.25, 0.3) is 0 Å². The average molecular weight is 315 g/mol. The van der Waals surface area contributed by atoms with Gasteiger partial charge in [-0.2, -0.15) is 0 Å². The van der Waals surface area contributed by atoms with Crippen molar-refractivity contribution in [2.75, 3.05) is 5.32 Å². The summed E-state index contributed by atoms with van der Waals surface area (Å²) in [7, 11) is -3.78. The van der Waals surface area contributed by atoms with E-state index in [2.05, 4.69) is 5.32 Å². The molecule has 0 amide bonds. The summed E-state index contributed by atoms with van der Waals surface area (Å²) in [6, 6.07) is 10.1. The van der Waals surface area contributed by atoms with E-state index in [1.807, 2.05) is 0 Å². The lowest BCUT2D eigenvalue weighted by Gasteiger charge is -2.10. The van der Waals surface area contributed by atoms with Gasteiger partial charge in [-0.25, -0.2) is 17.9 Å². The van der Waals surface area contributed by atoms with Gasteiger partial charge in [0.05, 0.1) is 15.6 Å². The molecule has 4 nitrogen and oxygen atoms in total. The predicted molar refractivity (Wildman–Crippen MR) is 76.6 cm³/mol. The number of benzene rings is 2. The number of sulfonamides is 1. The Kier molecular flexibility index (Phi) is 4.27. The number of nitrogens with one attached hydrogen (secondary N) is 1. The maximum Gasteiger partial charge on any atom is 0.238 e. The number of anilines is 1. The van der Waals surface area contributed by atoms with Gasteiger partial charge in [-0.1, -0.05) is 23.7 Å². The molecule has 0 atom stereocenters. The van der Waals surface area contributed by atoms with Crippen LogP contribution in [0.2, 0.25) is 5.02 Å². The van der Waals surface area contributed by atoms with Crippen molar-refractivity contribution in [1.29, 1.82) is 0 Å². The molecule has 2 rings (SSSR count). The molecule has 0 spiro atoms. The third-order valence-electron chi connectivity index (χ3n) is 2.66. The maximum absolute atomic E-state index is 12.8. The van der Waals surface area contributed by atoms with Crippen molar-refractivity contribution in [3.8, 4) is 0 Å². The van der Waals surface area contributed by atoms with Crippen molar-refractivity contribution in [2.45, 2.75) is 11.4 Å². The predicted octanol–water partition coefficient (Wildman–Crippen LogP) is 2.74. The van der Waals surface area contributed by atoms with Crippen LogP contribution in [0, 0.1) is 5.82 Å². The fourth-order valence-electron chi connectivity index (χ4n) is 1.62. The van der Waals surface area contributed by atoms with Crippen LogP contribution in [0.1, 0.15) is 5.56 Å². The van der Waals surface area contributed by atoms with Crippen molar-refractivity contribution in [3.05, 3.63) is 58.9 Å². The van der Waals surface area contributed by atoms with E-state index in [9.17, 15) is 12.8 Å². The minimum absolute atomic E-state index is 0.0245. The average Bonchev–Trinajstić information content (AvgIpc) is 2.38. The lowest BCUT2D eigenvalue weighted by molar-refractivity contribution is 0.598. The Balaban J connectivity index is 2.19. The molecule has 3 N–H and O–H groups in total. The zero-order valence-corrected chi connectivity index (χ0v) is 11.9. The Morgan fingerprint density at radius 2 is 1.80 bits per heavy atom. The van der Waals surface area contributed by atoms with Crippen molar-refractivity contribution in [2.24, 2.45) is 5.14 Å². The Hall–Kier alpha value is -1.63. The molecule has 0 aromatic heterocycles. The number of hydrogen-bond donors (Lipinski definition) is 2. The van der Waals surface area contributed by atoms with Crippen molar-refractivity contribution < 1.29 is 12.8 Å². The maximum atomic E-state index is 12.8. The quantitative estimate of drug-likeness (QED) is 0.911. The van der Waals surface area contributed by atoms with Gasteiger partial charge in [0, 0.05) is 6.54 Å². The minimum atomic E-state index is -3.78. The number of primary sulfonamides is 1. The molecule has 20 heavy (non-hydrogen) atoms. The van der Waals surface area contributed by atoms with Gasteiger partial charge in [0.15, 0.2) is 0 Å². The first-order chi connectivity index (χ1) is 9.36. The molecule has 0 saturated carbocycles. The Bertz CT molecular complexity index is 718. The zero-order chi connectivity index (χ0) is 14.8. The standard InChI is InChI=1S/C13H12ClFN2O2S/c14-12-6-5-11(20(16,18)19)7-13(12)17-8-9-1-3-10(15)4-2-9/h1-7,17H,8H2,(H2,16,18,19). The summed E-state index contributed by atoms with van der Waals surface area (Å²) in [5, 5.41) is 8.42. The summed E-state index contributed by atoms with van der Waals surface area (Å²) < 4.78 is 35.3. The largest absolute Gasteiger partial charge is 0.380 e. The van der Waals surface area contributed by atoms with E-state index in [-0.39, 0.29) is 10.7 Å². The molecule has 0 radical (unpaired) electrons. The van der Waals surface area contributed by atoms with Gasteiger partial charge >= 0.3 is 0 Å². The highest BCUT2D eigenvalue weighted by atomic mass is 35.5. The molecular formula is C13H12ClFN2O2S. The van der Waals surface area contributed by atoms with E-state index in [0.717, 1.165) is 5.56 Å². The van der Waals surface area contributed by atoms with Crippen LogP contribution in [0.4, 0.5) is 10.1 Å². The molecule has 0 bridgehead atoms. The second-order valence-corrected chi connectivity index (χ2v) is 6.14. The third kappa shape index (κ3) is 3.69. The van der Waals surface area contributed by atoms with E-state index in [4.69, 9.17) is 16.7 Å². The number of nitrogens with two attached hydrogens (primary N) is 1. The second-order valence-electron chi connectivity index (χ2n) is 4.17. The Labute approximate surface area is 121 Å². The summed E-state index contributed by atoms with van der Waals surface area (Å²) in [4.78, 5) is -0.0245. The smallest absolute Gasteiger partial charge is 0.238 e. The van der Waals surface area contributed by atoms with Gasteiger partial charge in [-0.15, -0.1) is 0 Å². The molecule has 2 aromatic carbocycles. The minimum Gasteiger partial charge on any atom is -0.380 e. The molecule has 0 aliphatic rings. The highest BCUT2D eigenvalue weighted by Crippen LogP contribution is 2.25. The molecule has 106 valence electrons. The molecule has 0 saturated heterocycles. The molecule has 0 unspecified atom stereocenters. The molecule has 0 aliphatic carbocycles. The fourth-order valence-corrected chi connectivity index (χ4v) is 2.34. The SMILES string of the molecule is NS(=O)(=O)c1ccc(Cl)c(NCc2ccc(F)cc2)c1. The molecule has 0 heterocycles. The summed E-state index contributed by atoms with van der Waals surface area (Å²) in [6.07, 6.45) is 0. The number of hydrogen-bond acceptors (Lipinski definition) is 3. The molecule has 2 aromatic rings. The highest BCUT2D eigenvalue weighted by molar-refractivity contribution is 7.89. The van der Waals surface area contributed by atoms with Gasteiger partial charge in [0.2, 0.25) is 10.0 Å². The van der Waals surface area contributed by atoms with Crippen LogP contribution in [0.5, 0.6) is 0 Å². The summed E-state index contributed by atoms with van der Waals surface area (Å²) in [5.41, 5.74) is 1.28. The Morgan fingerprint density at radius 3 is 2.40 bits per heavy atom. The Morgan fingerprint density at radius 1 is 1.15 bits per heavy atom. The first-order valence-corrected chi connectivity index (χ1v) is 7.59. The van der Waals surface area contributed by atoms with E-state index in [1.54, 1.807) is 12.1 Å². The summed E-state index contributed by atoms with van der Waals surface area (Å²) >= 11 is 5.98. The van der Waals surface area contributed by atoms with Crippen molar-refractivity contribution in [3.63, 3.8) is 0 Å². The van der Waals surface area contributed by atoms with Crippen molar-refractivity contribution >= 4 is 27.3 Å². The van der Waals surface area contributed by atoms with Crippen LogP contribution in [0.15, 0.2) is 47.4 Å². The number of rotatable bonds is 4. The van der Waals surface area contributed by atoms with Gasteiger partial charge in [0.25, 0.3) is 0 Å². The lowest BCUT2D eigenvalue weighted by atomic mass is 10.2. The highest BCUT2D eigenvalue weighted by Gasteiger charge is 2.10. The monoisotopic (exact) mass is 314 g/mol. The summed E-state index contributed by atoms with van der Waals surface area (Å²) in [5.74, 6) is -0.317. The molecule has 0 fully saturated rings. The zero-order valence-electron chi connectivity index (χ0n) is 10.3. The molecule has 7 heteroatoms. The van der Waals surface area contributed by atoms with Gasteiger partial charge in [0.1, 0.15) is 5.82 Å². The first-order valence-electron chi connectivity index (χ1n) is 5.67. The topological polar surface area (TPSA) is 72.2 Å². The van der Waals surface area contributed by atoms with Crippen LogP contribution in [-0.2, 0) is 16.6 Å². The lowest BCUT2D eigenvalue weighted by Crippen LogP contribution is -2.12. The fraction of sp³-hybridized carbons (Fsp3) is 0.0769. The van der Waals surface area contributed by atoms with Crippen LogP contribution in [0.3, 0.4) is 0 Å². The van der Waals surface area contributed by atoms with E-state index < -0.39 is 10.0 Å². The van der Waals surface area contributed by atoms with Crippen LogP contribution < -0.4 is 10.5 Å². The van der Waals surface area contributed by atoms with E-state index >= 15 is 0 Å².